The van der Waals surface area contributed by atoms with Crippen LogP contribution in [0.2, 0.25) is 0 Å². The Morgan fingerprint density at radius 1 is 1.38 bits per heavy atom. The van der Waals surface area contributed by atoms with Crippen LogP contribution in [0, 0.1) is 5.82 Å². The van der Waals surface area contributed by atoms with Gasteiger partial charge in [0.05, 0.1) is 19.3 Å². The molecule has 6 heteroatoms. The van der Waals surface area contributed by atoms with Crippen molar-refractivity contribution in [3.05, 3.63) is 29.1 Å². The second-order valence-electron chi connectivity index (χ2n) is 7.28. The van der Waals surface area contributed by atoms with Gasteiger partial charge in [-0.2, -0.15) is 0 Å². The van der Waals surface area contributed by atoms with Gasteiger partial charge >= 0.3 is 6.09 Å². The Labute approximate surface area is 142 Å². The Kier molecular flexibility index (Phi) is 5.38. The molecule has 0 heterocycles. The monoisotopic (exact) mass is 339 g/mol. The van der Waals surface area contributed by atoms with Crippen molar-refractivity contribution in [1.82, 2.24) is 5.32 Å². The minimum absolute atomic E-state index is 0.0112. The normalized spacial score (nSPS) is 21.6. The van der Waals surface area contributed by atoms with Crippen molar-refractivity contribution in [2.24, 2.45) is 0 Å². The molecule has 1 aliphatic rings. The van der Waals surface area contributed by atoms with Gasteiger partial charge in [-0.1, -0.05) is 12.1 Å². The first-order valence-electron chi connectivity index (χ1n) is 8.16. The zero-order valence-corrected chi connectivity index (χ0v) is 14.9. The molecule has 1 fully saturated rings. The minimum Gasteiger partial charge on any atom is -0.493 e. The van der Waals surface area contributed by atoms with E-state index in [-0.39, 0.29) is 17.8 Å². The molecule has 0 unspecified atom stereocenters. The number of carbonyl (C=O) groups excluding carboxylic acids is 1. The fourth-order valence-corrected chi connectivity index (χ4v) is 2.85. The lowest BCUT2D eigenvalue weighted by Gasteiger charge is -2.32. The Hall–Kier alpha value is -1.82. The number of amides is 1. The topological polar surface area (TPSA) is 67.8 Å². The molecule has 5 nitrogen and oxygen atoms in total. The molecule has 2 rings (SSSR count). The standard InChI is InChI=1S/C18H26FNO4/c1-10(20-17(22)24-18(2,3)4)13-6-7-14(11-8-12(21)9-11)15(19)16(13)23-5/h6-7,10-12,21H,8-9H2,1-5H3,(H,20,22)/t10-,11?,12?/m0/s1. The first-order chi connectivity index (χ1) is 11.1. The average Bonchev–Trinajstić information content (AvgIpc) is 2.41. The largest absolute Gasteiger partial charge is 0.493 e. The summed E-state index contributed by atoms with van der Waals surface area (Å²) in [7, 11) is 1.40. The highest BCUT2D eigenvalue weighted by molar-refractivity contribution is 5.68. The molecule has 24 heavy (non-hydrogen) atoms. The fourth-order valence-electron chi connectivity index (χ4n) is 2.85. The van der Waals surface area contributed by atoms with E-state index in [1.807, 2.05) is 0 Å². The number of carbonyl (C=O) groups is 1. The molecule has 1 aromatic carbocycles. The highest BCUT2D eigenvalue weighted by atomic mass is 19.1. The summed E-state index contributed by atoms with van der Waals surface area (Å²) in [6.07, 6.45) is 0.201. The number of aliphatic hydroxyl groups is 1. The first kappa shape index (κ1) is 18.5. The molecule has 0 aliphatic heterocycles. The molecule has 0 saturated heterocycles. The van der Waals surface area contributed by atoms with Gasteiger partial charge in [-0.15, -0.1) is 0 Å². The number of nitrogens with one attached hydrogen (secondary N) is 1. The lowest BCUT2D eigenvalue weighted by Crippen LogP contribution is -2.34. The molecular weight excluding hydrogens is 313 g/mol. The number of aliphatic hydroxyl groups excluding tert-OH is 1. The summed E-state index contributed by atoms with van der Waals surface area (Å²) in [6, 6.07) is 2.99. The van der Waals surface area contributed by atoms with E-state index < -0.39 is 23.6 Å². The third-order valence-corrected chi connectivity index (χ3v) is 4.11. The van der Waals surface area contributed by atoms with Crippen LogP contribution in [-0.4, -0.2) is 30.0 Å². The van der Waals surface area contributed by atoms with E-state index >= 15 is 0 Å². The number of hydrogen-bond donors (Lipinski definition) is 2. The summed E-state index contributed by atoms with van der Waals surface area (Å²) in [4.78, 5) is 11.9. The van der Waals surface area contributed by atoms with Crippen LogP contribution in [0.5, 0.6) is 5.75 Å². The maximum atomic E-state index is 14.8. The van der Waals surface area contributed by atoms with E-state index in [0.29, 0.717) is 24.0 Å². The molecule has 134 valence electrons. The summed E-state index contributed by atoms with van der Waals surface area (Å²) >= 11 is 0. The van der Waals surface area contributed by atoms with E-state index in [9.17, 15) is 14.3 Å². The zero-order valence-electron chi connectivity index (χ0n) is 14.9. The molecule has 0 spiro atoms. The third kappa shape index (κ3) is 4.17. The van der Waals surface area contributed by atoms with Crippen LogP contribution >= 0.6 is 0 Å². The predicted molar refractivity (Wildman–Crippen MR) is 88.7 cm³/mol. The van der Waals surface area contributed by atoms with Crippen molar-refractivity contribution < 1.29 is 23.8 Å². The van der Waals surface area contributed by atoms with Crippen molar-refractivity contribution in [3.8, 4) is 5.75 Å². The number of halogens is 1. The maximum absolute atomic E-state index is 14.8. The van der Waals surface area contributed by atoms with Crippen molar-refractivity contribution in [1.29, 1.82) is 0 Å². The quantitative estimate of drug-likeness (QED) is 0.878. The van der Waals surface area contributed by atoms with Gasteiger partial charge in [0, 0.05) is 5.56 Å². The van der Waals surface area contributed by atoms with E-state index in [1.165, 1.54) is 7.11 Å². The molecule has 1 aromatic rings. The zero-order chi connectivity index (χ0) is 18.1. The SMILES string of the molecule is COc1c([C@H](C)NC(=O)OC(C)(C)C)ccc(C2CC(O)C2)c1F. The van der Waals surface area contributed by atoms with Crippen molar-refractivity contribution >= 4 is 6.09 Å². The molecule has 0 bridgehead atoms. The van der Waals surface area contributed by atoms with Crippen LogP contribution in [0.4, 0.5) is 9.18 Å². The summed E-state index contributed by atoms with van der Waals surface area (Å²) in [5.74, 6) is -0.292. The van der Waals surface area contributed by atoms with Crippen LogP contribution in [0.25, 0.3) is 0 Å². The number of hydrogen-bond acceptors (Lipinski definition) is 4. The Balaban J connectivity index is 2.17. The molecule has 1 amide bonds. The lowest BCUT2D eigenvalue weighted by atomic mass is 9.77. The van der Waals surface area contributed by atoms with Gasteiger partial charge in [-0.3, -0.25) is 0 Å². The summed E-state index contributed by atoms with van der Waals surface area (Å²) in [5.41, 5.74) is 0.489. The average molecular weight is 339 g/mol. The summed E-state index contributed by atoms with van der Waals surface area (Å²) in [6.45, 7) is 7.08. The summed E-state index contributed by atoms with van der Waals surface area (Å²) < 4.78 is 25.2. The number of alkyl carbamates (subject to hydrolysis) is 1. The lowest BCUT2D eigenvalue weighted by molar-refractivity contribution is 0.0507. The third-order valence-electron chi connectivity index (χ3n) is 4.11. The minimum atomic E-state index is -0.603. The van der Waals surface area contributed by atoms with Crippen molar-refractivity contribution in [2.75, 3.05) is 7.11 Å². The Bertz CT molecular complexity index is 606. The second-order valence-corrected chi connectivity index (χ2v) is 7.28. The van der Waals surface area contributed by atoms with Crippen LogP contribution in [0.1, 0.15) is 63.6 Å². The van der Waals surface area contributed by atoms with Gasteiger partial charge in [-0.25, -0.2) is 9.18 Å². The van der Waals surface area contributed by atoms with E-state index in [0.717, 1.165) is 0 Å². The summed E-state index contributed by atoms with van der Waals surface area (Å²) in [5, 5.41) is 12.1. The maximum Gasteiger partial charge on any atom is 0.408 e. The van der Waals surface area contributed by atoms with Crippen LogP contribution < -0.4 is 10.1 Å². The van der Waals surface area contributed by atoms with Gasteiger partial charge in [0.15, 0.2) is 11.6 Å². The Morgan fingerprint density at radius 2 is 2.00 bits per heavy atom. The number of ether oxygens (including phenoxy) is 2. The second kappa shape index (κ2) is 6.97. The first-order valence-corrected chi connectivity index (χ1v) is 8.16. The molecule has 1 saturated carbocycles. The van der Waals surface area contributed by atoms with E-state index in [4.69, 9.17) is 9.47 Å². The van der Waals surface area contributed by atoms with Gasteiger partial charge < -0.3 is 19.9 Å². The van der Waals surface area contributed by atoms with Gasteiger partial charge in [0.1, 0.15) is 5.60 Å². The predicted octanol–water partition coefficient (Wildman–Crippen LogP) is 3.66. The molecule has 1 atom stereocenters. The number of methoxy groups -OCH3 is 1. The van der Waals surface area contributed by atoms with Crippen LogP contribution in [0.3, 0.4) is 0 Å². The van der Waals surface area contributed by atoms with E-state index in [2.05, 4.69) is 5.32 Å². The number of rotatable bonds is 4. The van der Waals surface area contributed by atoms with Crippen LogP contribution in [-0.2, 0) is 4.74 Å². The highest BCUT2D eigenvalue weighted by Gasteiger charge is 2.32. The van der Waals surface area contributed by atoms with E-state index in [1.54, 1.807) is 39.8 Å². The van der Waals surface area contributed by atoms with Gasteiger partial charge in [0.2, 0.25) is 0 Å². The molecule has 0 aromatic heterocycles. The molecule has 2 N–H and O–H groups in total. The number of benzene rings is 1. The van der Waals surface area contributed by atoms with Crippen molar-refractivity contribution in [3.63, 3.8) is 0 Å². The fraction of sp³-hybridized carbons (Fsp3) is 0.611. The molecule has 0 radical (unpaired) electrons. The van der Waals surface area contributed by atoms with Crippen LogP contribution in [0.15, 0.2) is 12.1 Å². The molecular formula is C18H26FNO4. The van der Waals surface area contributed by atoms with Gasteiger partial charge in [0.25, 0.3) is 0 Å². The Morgan fingerprint density at radius 3 is 2.50 bits per heavy atom. The van der Waals surface area contributed by atoms with Crippen molar-refractivity contribution in [2.45, 2.75) is 64.2 Å². The van der Waals surface area contributed by atoms with Gasteiger partial charge in [-0.05, 0) is 52.0 Å². The highest BCUT2D eigenvalue weighted by Crippen LogP contribution is 2.41. The molecule has 1 aliphatic carbocycles. The smallest absolute Gasteiger partial charge is 0.408 e.